The number of nitrogens with two attached hydrogens (primary N) is 1. The van der Waals surface area contributed by atoms with Crippen LogP contribution >= 0.6 is 0 Å². The van der Waals surface area contributed by atoms with Crippen molar-refractivity contribution < 1.29 is 4.74 Å². The van der Waals surface area contributed by atoms with Crippen LogP contribution in [0, 0.1) is 20.8 Å². The molecule has 0 heterocycles. The summed E-state index contributed by atoms with van der Waals surface area (Å²) in [5, 5.41) is 0. The number of hydrogen-bond donors (Lipinski definition) is 2. The summed E-state index contributed by atoms with van der Waals surface area (Å²) in [7, 11) is 1.71. The summed E-state index contributed by atoms with van der Waals surface area (Å²) >= 11 is 0. The molecular formula is C18H24N2O. The van der Waals surface area contributed by atoms with Gasteiger partial charge in [0.05, 0.1) is 13.2 Å². The lowest BCUT2D eigenvalue weighted by atomic mass is 9.94. The second-order valence-corrected chi connectivity index (χ2v) is 5.54. The minimum Gasteiger partial charge on any atom is -0.496 e. The van der Waals surface area contributed by atoms with Crippen molar-refractivity contribution in [3.8, 4) is 5.75 Å². The van der Waals surface area contributed by atoms with Gasteiger partial charge in [-0.1, -0.05) is 42.0 Å². The maximum atomic E-state index is 5.79. The largest absolute Gasteiger partial charge is 0.496 e. The number of methoxy groups -OCH3 is 1. The van der Waals surface area contributed by atoms with Crippen molar-refractivity contribution in [2.75, 3.05) is 7.11 Å². The maximum absolute atomic E-state index is 5.79. The van der Waals surface area contributed by atoms with Crippen LogP contribution < -0.4 is 16.0 Å². The molecule has 3 nitrogen and oxygen atoms in total. The lowest BCUT2D eigenvalue weighted by molar-refractivity contribution is 0.395. The van der Waals surface area contributed by atoms with E-state index >= 15 is 0 Å². The zero-order valence-corrected chi connectivity index (χ0v) is 13.2. The molecular weight excluding hydrogens is 260 g/mol. The zero-order valence-electron chi connectivity index (χ0n) is 13.2. The first-order valence-corrected chi connectivity index (χ1v) is 7.22. The van der Waals surface area contributed by atoms with Crippen LogP contribution in [0.4, 0.5) is 0 Å². The number of hydrogen-bond acceptors (Lipinski definition) is 3. The van der Waals surface area contributed by atoms with E-state index in [1.54, 1.807) is 7.11 Å². The molecule has 2 rings (SSSR count). The van der Waals surface area contributed by atoms with E-state index in [-0.39, 0.29) is 6.04 Å². The molecule has 0 aliphatic carbocycles. The molecule has 0 aliphatic rings. The first-order chi connectivity index (χ1) is 10.1. The van der Waals surface area contributed by atoms with E-state index in [0.29, 0.717) is 0 Å². The van der Waals surface area contributed by atoms with Crippen LogP contribution in [-0.2, 0) is 6.42 Å². The fraction of sp³-hybridized carbons (Fsp3) is 0.333. The van der Waals surface area contributed by atoms with Crippen molar-refractivity contribution >= 4 is 0 Å². The maximum Gasteiger partial charge on any atom is 0.126 e. The number of rotatable bonds is 5. The van der Waals surface area contributed by atoms with Gasteiger partial charge in [-0.05, 0) is 43.9 Å². The van der Waals surface area contributed by atoms with Gasteiger partial charge in [0, 0.05) is 5.56 Å². The quantitative estimate of drug-likeness (QED) is 0.653. The molecule has 0 amide bonds. The Morgan fingerprint density at radius 3 is 2.29 bits per heavy atom. The molecule has 0 aromatic heterocycles. The third-order valence-corrected chi connectivity index (χ3v) is 4.05. The summed E-state index contributed by atoms with van der Waals surface area (Å²) in [6.45, 7) is 6.26. The van der Waals surface area contributed by atoms with Crippen LogP contribution in [0.25, 0.3) is 0 Å². The molecule has 1 atom stereocenters. The van der Waals surface area contributed by atoms with Crippen molar-refractivity contribution in [2.45, 2.75) is 33.2 Å². The Morgan fingerprint density at radius 1 is 1.05 bits per heavy atom. The Bertz CT molecular complexity index is 605. The molecule has 112 valence electrons. The molecule has 3 N–H and O–H groups in total. The number of aryl methyl sites for hydroxylation is 2. The third-order valence-electron chi connectivity index (χ3n) is 4.05. The summed E-state index contributed by atoms with van der Waals surface area (Å²) in [5.74, 6) is 6.71. The monoisotopic (exact) mass is 284 g/mol. The van der Waals surface area contributed by atoms with Gasteiger partial charge in [-0.2, -0.15) is 0 Å². The molecule has 0 fully saturated rings. The minimum absolute atomic E-state index is 0.0296. The van der Waals surface area contributed by atoms with Crippen molar-refractivity contribution in [1.82, 2.24) is 5.43 Å². The molecule has 0 saturated carbocycles. The molecule has 0 bridgehead atoms. The van der Waals surface area contributed by atoms with E-state index in [4.69, 9.17) is 10.6 Å². The molecule has 2 aromatic rings. The average molecular weight is 284 g/mol. The van der Waals surface area contributed by atoms with E-state index in [0.717, 1.165) is 17.7 Å². The topological polar surface area (TPSA) is 47.3 Å². The Kier molecular flexibility index (Phi) is 4.99. The summed E-state index contributed by atoms with van der Waals surface area (Å²) in [5.41, 5.74) is 8.93. The SMILES string of the molecule is COc1c(C(Cc2ccc(C)cc2)NN)ccc(C)c1C. The van der Waals surface area contributed by atoms with E-state index in [2.05, 4.69) is 62.6 Å². The highest BCUT2D eigenvalue weighted by molar-refractivity contribution is 5.47. The van der Waals surface area contributed by atoms with Gasteiger partial charge >= 0.3 is 0 Å². The second-order valence-electron chi connectivity index (χ2n) is 5.54. The Labute approximate surface area is 127 Å². The first kappa shape index (κ1) is 15.5. The number of benzene rings is 2. The minimum atomic E-state index is 0.0296. The van der Waals surface area contributed by atoms with Gasteiger partial charge in [0.1, 0.15) is 5.75 Å². The van der Waals surface area contributed by atoms with Crippen LogP contribution in [0.15, 0.2) is 36.4 Å². The number of hydrazine groups is 1. The van der Waals surface area contributed by atoms with E-state index in [9.17, 15) is 0 Å². The standard InChI is InChI=1S/C18H24N2O/c1-12-5-8-15(9-6-12)11-17(20-19)16-10-7-13(2)14(3)18(16)21-4/h5-10,17,20H,11,19H2,1-4H3. The first-order valence-electron chi connectivity index (χ1n) is 7.22. The molecule has 0 aliphatic heterocycles. The fourth-order valence-electron chi connectivity index (χ4n) is 2.57. The van der Waals surface area contributed by atoms with Crippen molar-refractivity contribution in [3.05, 3.63) is 64.2 Å². The predicted octanol–water partition coefficient (Wildman–Crippen LogP) is 3.37. The van der Waals surface area contributed by atoms with Gasteiger partial charge < -0.3 is 4.74 Å². The fourth-order valence-corrected chi connectivity index (χ4v) is 2.57. The van der Waals surface area contributed by atoms with Gasteiger partial charge in [-0.25, -0.2) is 0 Å². The highest BCUT2D eigenvalue weighted by Crippen LogP contribution is 2.32. The molecule has 2 aromatic carbocycles. The summed E-state index contributed by atoms with van der Waals surface area (Å²) < 4.78 is 5.60. The Morgan fingerprint density at radius 2 is 1.71 bits per heavy atom. The smallest absolute Gasteiger partial charge is 0.126 e. The summed E-state index contributed by atoms with van der Waals surface area (Å²) in [6, 6.07) is 12.8. The Hall–Kier alpha value is -1.84. The molecule has 0 saturated heterocycles. The summed E-state index contributed by atoms with van der Waals surface area (Å²) in [6.07, 6.45) is 0.829. The van der Waals surface area contributed by atoms with Gasteiger partial charge in [0.2, 0.25) is 0 Å². The Balaban J connectivity index is 2.33. The highest BCUT2D eigenvalue weighted by Gasteiger charge is 2.17. The van der Waals surface area contributed by atoms with Crippen molar-refractivity contribution in [3.63, 3.8) is 0 Å². The molecule has 1 unspecified atom stereocenters. The van der Waals surface area contributed by atoms with Gasteiger partial charge in [0.15, 0.2) is 0 Å². The normalized spacial score (nSPS) is 12.2. The lowest BCUT2D eigenvalue weighted by Crippen LogP contribution is -2.30. The van der Waals surface area contributed by atoms with Crippen LogP contribution in [0.5, 0.6) is 5.75 Å². The van der Waals surface area contributed by atoms with Crippen molar-refractivity contribution in [1.29, 1.82) is 0 Å². The second kappa shape index (κ2) is 6.74. The zero-order chi connectivity index (χ0) is 15.4. The van der Waals surface area contributed by atoms with Crippen LogP contribution in [0.2, 0.25) is 0 Å². The third kappa shape index (κ3) is 3.43. The predicted molar refractivity (Wildman–Crippen MR) is 87.4 cm³/mol. The summed E-state index contributed by atoms with van der Waals surface area (Å²) in [4.78, 5) is 0. The van der Waals surface area contributed by atoms with Gasteiger partial charge in [0.25, 0.3) is 0 Å². The van der Waals surface area contributed by atoms with E-state index in [1.807, 2.05) is 0 Å². The van der Waals surface area contributed by atoms with Crippen molar-refractivity contribution in [2.24, 2.45) is 5.84 Å². The highest BCUT2D eigenvalue weighted by atomic mass is 16.5. The number of ether oxygens (including phenoxy) is 1. The van der Waals surface area contributed by atoms with E-state index < -0.39 is 0 Å². The lowest BCUT2D eigenvalue weighted by Gasteiger charge is -2.21. The molecule has 0 spiro atoms. The molecule has 0 radical (unpaired) electrons. The molecule has 3 heteroatoms. The van der Waals surface area contributed by atoms with Crippen LogP contribution in [0.1, 0.15) is 33.9 Å². The van der Waals surface area contributed by atoms with E-state index in [1.165, 1.54) is 22.3 Å². The van der Waals surface area contributed by atoms with Gasteiger partial charge in [-0.15, -0.1) is 0 Å². The van der Waals surface area contributed by atoms with Gasteiger partial charge in [-0.3, -0.25) is 11.3 Å². The molecule has 21 heavy (non-hydrogen) atoms. The average Bonchev–Trinajstić information content (AvgIpc) is 2.49. The van der Waals surface area contributed by atoms with Crippen LogP contribution in [-0.4, -0.2) is 7.11 Å². The number of nitrogens with one attached hydrogen (secondary N) is 1. The van der Waals surface area contributed by atoms with Crippen LogP contribution in [0.3, 0.4) is 0 Å².